The zero-order valence-electron chi connectivity index (χ0n) is 44.2. The normalized spacial score (nSPS) is 19.5. The lowest BCUT2D eigenvalue weighted by Gasteiger charge is -2.45. The van der Waals surface area contributed by atoms with Gasteiger partial charge in [-0.2, -0.15) is 10.1 Å². The molecule has 4 aromatic carbocycles. The first kappa shape index (κ1) is 53.0. The number of fused-ring (bicyclic) bond motifs is 1. The third-order valence-corrected chi connectivity index (χ3v) is 18.1. The number of imide groups is 2. The molecular formula is C57H63BrFN12O6P. The van der Waals surface area contributed by atoms with Gasteiger partial charge in [0.2, 0.25) is 17.8 Å². The molecule has 6 aromatic rings. The summed E-state index contributed by atoms with van der Waals surface area (Å²) in [5.74, 6) is -0.686. The molecule has 0 bridgehead atoms. The van der Waals surface area contributed by atoms with Crippen LogP contribution in [0.25, 0.3) is 22.3 Å². The molecule has 0 aliphatic carbocycles. The Morgan fingerprint density at radius 2 is 1.53 bits per heavy atom. The SMILES string of the molecule is COc1cc(N2CCC(N3CCN(CC4(F)CCN(c5ccc6c(c5)C(=O)N(C5CCC(=O)NC5=O)C6=O)CC4)CC3)CC2)c(-c2cnn(C)c2)cc1Nc1ncc(Br)c(Nc2ccc(-c3ccccc3)cc2P(C)(C)=O)n1. The van der Waals surface area contributed by atoms with Gasteiger partial charge in [-0.1, -0.05) is 36.4 Å². The number of methoxy groups -OCH3 is 1. The predicted octanol–water partition coefficient (Wildman–Crippen LogP) is 8.05. The topological polar surface area (TPSA) is 190 Å². The average Bonchev–Trinajstić information content (AvgIpc) is 4.12. The van der Waals surface area contributed by atoms with Gasteiger partial charge in [-0.15, -0.1) is 0 Å². The first-order valence-electron chi connectivity index (χ1n) is 26.5. The van der Waals surface area contributed by atoms with E-state index < -0.39 is 42.5 Å². The van der Waals surface area contributed by atoms with E-state index in [1.807, 2.05) is 68.0 Å². The van der Waals surface area contributed by atoms with Crippen molar-refractivity contribution in [3.05, 3.63) is 113 Å². The number of nitrogens with one attached hydrogen (secondary N) is 3. The third-order valence-electron chi connectivity index (χ3n) is 15.9. The average molecular weight is 1140 g/mol. The zero-order chi connectivity index (χ0) is 54.5. The molecule has 3 N–H and O–H groups in total. The van der Waals surface area contributed by atoms with Crippen LogP contribution in [0.5, 0.6) is 5.75 Å². The highest BCUT2D eigenvalue weighted by Gasteiger charge is 2.45. The van der Waals surface area contributed by atoms with Crippen molar-refractivity contribution in [2.45, 2.75) is 56.3 Å². The number of anilines is 6. The number of benzene rings is 4. The Labute approximate surface area is 461 Å². The maximum absolute atomic E-state index is 16.6. The number of aromatic nitrogens is 4. The van der Waals surface area contributed by atoms with E-state index in [2.05, 4.69) is 73.7 Å². The highest BCUT2D eigenvalue weighted by Crippen LogP contribution is 2.44. The van der Waals surface area contributed by atoms with E-state index in [9.17, 15) is 23.7 Å². The maximum atomic E-state index is 16.6. The van der Waals surface area contributed by atoms with Gasteiger partial charge in [-0.25, -0.2) is 9.37 Å². The van der Waals surface area contributed by atoms with Gasteiger partial charge in [0.25, 0.3) is 11.8 Å². The summed E-state index contributed by atoms with van der Waals surface area (Å²) in [6, 6.07) is 24.6. The highest BCUT2D eigenvalue weighted by molar-refractivity contribution is 9.10. The van der Waals surface area contributed by atoms with Crippen molar-refractivity contribution in [1.82, 2.24) is 39.8 Å². The second kappa shape index (κ2) is 21.7. The van der Waals surface area contributed by atoms with Crippen LogP contribution in [-0.2, 0) is 21.2 Å². The molecule has 0 radical (unpaired) electrons. The Hall–Kier alpha value is -6.99. The second-order valence-electron chi connectivity index (χ2n) is 21.4. The number of nitrogens with zero attached hydrogens (tertiary/aromatic N) is 9. The zero-order valence-corrected chi connectivity index (χ0v) is 46.7. The first-order chi connectivity index (χ1) is 37.5. The number of hydrogen-bond acceptors (Lipinski definition) is 15. The van der Waals surface area contributed by atoms with Crippen LogP contribution >= 0.6 is 23.1 Å². The lowest BCUT2D eigenvalue weighted by Crippen LogP contribution is -2.56. The molecule has 21 heteroatoms. The number of alkyl halides is 1. The molecule has 4 fully saturated rings. The third kappa shape index (κ3) is 10.9. The van der Waals surface area contributed by atoms with Crippen LogP contribution in [0.1, 0.15) is 59.2 Å². The van der Waals surface area contributed by atoms with Crippen LogP contribution in [-0.4, -0.2) is 155 Å². The van der Waals surface area contributed by atoms with Crippen molar-refractivity contribution in [2.24, 2.45) is 7.05 Å². The maximum Gasteiger partial charge on any atom is 0.262 e. The number of aryl methyl sites for hydroxylation is 1. The first-order valence-corrected chi connectivity index (χ1v) is 29.9. The molecule has 7 heterocycles. The summed E-state index contributed by atoms with van der Waals surface area (Å²) in [5, 5.41) is 14.3. The van der Waals surface area contributed by atoms with Gasteiger partial charge >= 0.3 is 0 Å². The molecule has 5 aliphatic rings. The summed E-state index contributed by atoms with van der Waals surface area (Å²) in [7, 11) is 0.838. The molecule has 0 saturated carbocycles. The standard InChI is InChI=1S/C57H63BrFN12O6P/c1-66-34-38(32-61-66)42-30-46(63-56-60-33-44(58)52(65-56)62-45-13-10-37(28-50(45)78(3,4)76)36-8-6-5-7-9-36)49(77-2)31-48(42)70-20-16-39(17-21-70)69-26-24-67(25-27-69)35-57(59)18-22-68(23-19-57)40-11-12-41-43(29-40)55(75)71(54(41)74)47-14-15-51(72)64-53(47)73/h5-13,28-34,39,47H,14-27,35H2,1-4H3,(H,64,72,73)(H2,60,62,63,65). The number of carbonyl (C=O) groups is 4. The van der Waals surface area contributed by atoms with E-state index in [4.69, 9.17) is 9.72 Å². The van der Waals surface area contributed by atoms with Gasteiger partial charge in [-0.05, 0) is 96.0 Å². The minimum atomic E-state index is -2.72. The minimum absolute atomic E-state index is 0.0559. The number of carbonyl (C=O) groups excluding carboxylic acids is 4. The Kier molecular flexibility index (Phi) is 14.7. The van der Waals surface area contributed by atoms with Gasteiger partial charge < -0.3 is 29.7 Å². The van der Waals surface area contributed by atoms with E-state index in [1.165, 1.54) is 0 Å². The smallest absolute Gasteiger partial charge is 0.262 e. The van der Waals surface area contributed by atoms with Crippen molar-refractivity contribution in [3.8, 4) is 28.0 Å². The summed E-state index contributed by atoms with van der Waals surface area (Å²) < 4.78 is 38.8. The Bertz CT molecular complexity index is 3350. The van der Waals surface area contributed by atoms with Gasteiger partial charge in [0.1, 0.15) is 30.4 Å². The number of rotatable bonds is 14. The number of amides is 4. The molecule has 1 unspecified atom stereocenters. The Morgan fingerprint density at radius 1 is 0.782 bits per heavy atom. The van der Waals surface area contributed by atoms with E-state index in [0.717, 1.165) is 90.6 Å². The van der Waals surface area contributed by atoms with Gasteiger partial charge in [0, 0.05) is 138 Å². The fourth-order valence-electron chi connectivity index (χ4n) is 11.7. The van der Waals surface area contributed by atoms with Gasteiger partial charge in [0.15, 0.2) is 0 Å². The summed E-state index contributed by atoms with van der Waals surface area (Å²) in [6.45, 7) is 9.84. The summed E-state index contributed by atoms with van der Waals surface area (Å²) in [5.41, 5.74) is 6.22. The molecule has 406 valence electrons. The number of ether oxygens (including phenoxy) is 1. The molecular weight excluding hydrogens is 1080 g/mol. The molecule has 18 nitrogen and oxygen atoms in total. The van der Waals surface area contributed by atoms with Crippen LogP contribution in [0.15, 0.2) is 102 Å². The van der Waals surface area contributed by atoms with E-state index in [-0.39, 0.29) is 24.0 Å². The van der Waals surface area contributed by atoms with Gasteiger partial charge in [0.05, 0.1) is 40.3 Å². The van der Waals surface area contributed by atoms with Crippen LogP contribution in [0.4, 0.5) is 38.9 Å². The number of hydrogen-bond donors (Lipinski definition) is 3. The van der Waals surface area contributed by atoms with Crippen molar-refractivity contribution in [2.75, 3.05) is 99.8 Å². The van der Waals surface area contributed by atoms with E-state index >= 15 is 4.39 Å². The van der Waals surface area contributed by atoms with Gasteiger partial charge in [-0.3, -0.25) is 43.9 Å². The molecule has 11 rings (SSSR count). The van der Waals surface area contributed by atoms with Crippen LogP contribution in [0, 0.1) is 0 Å². The van der Waals surface area contributed by atoms with E-state index in [1.54, 1.807) is 49.5 Å². The molecule has 0 spiro atoms. The lowest BCUT2D eigenvalue weighted by atomic mass is 9.91. The lowest BCUT2D eigenvalue weighted by molar-refractivity contribution is -0.136. The summed E-state index contributed by atoms with van der Waals surface area (Å²) >= 11 is 3.63. The van der Waals surface area contributed by atoms with Crippen LogP contribution < -0.4 is 35.8 Å². The Morgan fingerprint density at radius 3 is 2.22 bits per heavy atom. The minimum Gasteiger partial charge on any atom is -0.494 e. The molecule has 4 amide bonds. The number of piperazine rings is 1. The summed E-state index contributed by atoms with van der Waals surface area (Å²) in [4.78, 5) is 70.8. The molecule has 5 aliphatic heterocycles. The Balaban J connectivity index is 0.706. The number of halogens is 2. The predicted molar refractivity (Wildman–Crippen MR) is 304 cm³/mol. The van der Waals surface area contributed by atoms with E-state index in [0.29, 0.717) is 77.2 Å². The highest BCUT2D eigenvalue weighted by atomic mass is 79.9. The van der Waals surface area contributed by atoms with Crippen molar-refractivity contribution >= 4 is 86.5 Å². The molecule has 1 atom stereocenters. The van der Waals surface area contributed by atoms with Crippen molar-refractivity contribution in [3.63, 3.8) is 0 Å². The van der Waals surface area contributed by atoms with Crippen LogP contribution in [0.3, 0.4) is 0 Å². The molecule has 78 heavy (non-hydrogen) atoms. The summed E-state index contributed by atoms with van der Waals surface area (Å²) in [6.07, 6.45) is 8.33. The molecule has 2 aromatic heterocycles. The van der Waals surface area contributed by atoms with Crippen LogP contribution in [0.2, 0.25) is 0 Å². The fraction of sp³-hybridized carbons (Fsp3) is 0.386. The second-order valence-corrected chi connectivity index (χ2v) is 25.4. The molecule has 4 saturated heterocycles. The fourth-order valence-corrected chi connectivity index (χ4v) is 13.1. The monoisotopic (exact) mass is 1140 g/mol. The quantitative estimate of drug-likeness (QED) is 0.0701. The largest absolute Gasteiger partial charge is 0.494 e. The van der Waals surface area contributed by atoms with Crippen molar-refractivity contribution in [1.29, 1.82) is 0 Å². The number of piperidine rings is 3. The van der Waals surface area contributed by atoms with Crippen molar-refractivity contribution < 1.29 is 32.9 Å².